The number of hydrogen-bond donors (Lipinski definition) is 1. The molecular formula is C25H21ClFN3O3. The van der Waals surface area contributed by atoms with E-state index in [0.29, 0.717) is 18.5 Å². The molecule has 6 nitrogen and oxygen atoms in total. The number of fused-ring (bicyclic) bond motifs is 6. The zero-order chi connectivity index (χ0) is 23.1. The van der Waals surface area contributed by atoms with Crippen molar-refractivity contribution in [3.8, 4) is 5.75 Å². The van der Waals surface area contributed by atoms with E-state index < -0.39 is 28.4 Å². The lowest BCUT2D eigenvalue weighted by atomic mass is 9.81. The van der Waals surface area contributed by atoms with Crippen molar-refractivity contribution in [1.82, 2.24) is 9.58 Å². The number of amides is 1. The maximum Gasteiger partial charge on any atom is 0.277 e. The summed E-state index contributed by atoms with van der Waals surface area (Å²) in [6.45, 7) is 2.46. The Morgan fingerprint density at radius 3 is 2.70 bits per heavy atom. The van der Waals surface area contributed by atoms with Crippen LogP contribution >= 0.6 is 11.6 Å². The Morgan fingerprint density at radius 1 is 1.12 bits per heavy atom. The van der Waals surface area contributed by atoms with Crippen LogP contribution in [0.5, 0.6) is 5.75 Å². The summed E-state index contributed by atoms with van der Waals surface area (Å²) in [6.07, 6.45) is 2.76. The van der Waals surface area contributed by atoms with Gasteiger partial charge in [0, 0.05) is 24.7 Å². The summed E-state index contributed by atoms with van der Waals surface area (Å²) in [7, 11) is 0. The largest absolute Gasteiger partial charge is 0.502 e. The van der Waals surface area contributed by atoms with Crippen molar-refractivity contribution >= 4 is 17.5 Å². The Balaban J connectivity index is 1.71. The smallest absolute Gasteiger partial charge is 0.277 e. The highest BCUT2D eigenvalue weighted by Crippen LogP contribution is 2.57. The molecule has 1 amide bonds. The first kappa shape index (κ1) is 20.3. The summed E-state index contributed by atoms with van der Waals surface area (Å²) in [5, 5.41) is 12.7. The molecule has 0 bridgehead atoms. The highest BCUT2D eigenvalue weighted by molar-refractivity contribution is 6.30. The molecule has 6 rings (SSSR count). The fraction of sp³-hybridized carbons (Fsp3) is 0.280. The first-order valence-corrected chi connectivity index (χ1v) is 11.3. The predicted molar refractivity (Wildman–Crippen MR) is 122 cm³/mol. The number of rotatable bonds is 2. The van der Waals surface area contributed by atoms with Gasteiger partial charge in [0.2, 0.25) is 5.43 Å². The fourth-order valence-electron chi connectivity index (χ4n) is 6.06. The molecule has 2 atom stereocenters. The summed E-state index contributed by atoms with van der Waals surface area (Å²) in [4.78, 5) is 27.0. The van der Waals surface area contributed by atoms with E-state index >= 15 is 4.39 Å². The second-order valence-electron chi connectivity index (χ2n) is 8.84. The van der Waals surface area contributed by atoms with Gasteiger partial charge in [0.15, 0.2) is 11.4 Å². The third-order valence-corrected chi connectivity index (χ3v) is 7.73. The predicted octanol–water partition coefficient (Wildman–Crippen LogP) is 3.39. The molecule has 0 fully saturated rings. The van der Waals surface area contributed by atoms with Crippen LogP contribution in [0.25, 0.3) is 0 Å². The van der Waals surface area contributed by atoms with Gasteiger partial charge in [0.25, 0.3) is 5.91 Å². The zero-order valence-corrected chi connectivity index (χ0v) is 18.6. The number of nitrogens with zero attached hydrogens (tertiary/aromatic N) is 3. The molecule has 1 N–H and O–H groups in total. The van der Waals surface area contributed by atoms with Gasteiger partial charge in [-0.1, -0.05) is 41.9 Å². The molecule has 2 unspecified atom stereocenters. The number of aromatic nitrogens is 1. The number of pyridine rings is 1. The van der Waals surface area contributed by atoms with Crippen molar-refractivity contribution in [1.29, 1.82) is 0 Å². The molecule has 3 aliphatic rings. The second-order valence-corrected chi connectivity index (χ2v) is 9.25. The van der Waals surface area contributed by atoms with Gasteiger partial charge in [-0.3, -0.25) is 19.3 Å². The average molecular weight is 466 g/mol. The fourth-order valence-corrected chi connectivity index (χ4v) is 6.24. The molecule has 0 radical (unpaired) electrons. The Hall–Kier alpha value is -3.32. The number of halogens is 2. The van der Waals surface area contributed by atoms with Gasteiger partial charge in [-0.25, -0.2) is 4.39 Å². The van der Waals surface area contributed by atoms with Crippen molar-refractivity contribution in [2.45, 2.75) is 25.3 Å². The summed E-state index contributed by atoms with van der Waals surface area (Å²) in [6, 6.07) is 12.8. The van der Waals surface area contributed by atoms with Crippen molar-refractivity contribution in [2.75, 3.05) is 18.2 Å². The minimum absolute atomic E-state index is 0.0146. The summed E-state index contributed by atoms with van der Waals surface area (Å²) < 4.78 is 16.8. The minimum atomic E-state index is -0.790. The third kappa shape index (κ3) is 2.43. The Labute approximate surface area is 194 Å². The first-order chi connectivity index (χ1) is 15.9. The molecule has 0 saturated heterocycles. The van der Waals surface area contributed by atoms with E-state index in [4.69, 9.17) is 11.6 Å². The molecule has 1 aromatic heterocycles. The van der Waals surface area contributed by atoms with Gasteiger partial charge in [0.05, 0.1) is 5.02 Å². The lowest BCUT2D eigenvalue weighted by Crippen LogP contribution is -2.63. The van der Waals surface area contributed by atoms with Gasteiger partial charge in [-0.05, 0) is 48.1 Å². The van der Waals surface area contributed by atoms with Gasteiger partial charge in [-0.2, -0.15) is 0 Å². The maximum absolute atomic E-state index is 15.2. The summed E-state index contributed by atoms with van der Waals surface area (Å²) in [5.41, 5.74) is 2.10. The normalized spacial score (nSPS) is 22.8. The molecule has 3 aromatic rings. The van der Waals surface area contributed by atoms with Gasteiger partial charge in [-0.15, -0.1) is 0 Å². The van der Waals surface area contributed by atoms with E-state index in [9.17, 15) is 14.7 Å². The highest BCUT2D eigenvalue weighted by atomic mass is 35.5. The molecule has 2 heterocycles. The van der Waals surface area contributed by atoms with Gasteiger partial charge in [0.1, 0.15) is 18.0 Å². The van der Waals surface area contributed by atoms with Crippen LogP contribution in [0, 0.1) is 11.7 Å². The zero-order valence-electron chi connectivity index (χ0n) is 17.9. The Kier molecular flexibility index (Phi) is 4.21. The molecular weight excluding hydrogens is 445 g/mol. The van der Waals surface area contributed by atoms with Crippen molar-refractivity contribution in [3.63, 3.8) is 0 Å². The van der Waals surface area contributed by atoms with Crippen LogP contribution in [-0.2, 0) is 18.4 Å². The number of aromatic hydroxyl groups is 1. The topological polar surface area (TPSA) is 65.8 Å². The van der Waals surface area contributed by atoms with Crippen LogP contribution in [0.4, 0.5) is 4.39 Å². The van der Waals surface area contributed by atoms with E-state index in [-0.39, 0.29) is 23.3 Å². The molecule has 2 aliphatic carbocycles. The first-order valence-electron chi connectivity index (χ1n) is 11.0. The lowest BCUT2D eigenvalue weighted by molar-refractivity contribution is 0.0658. The minimum Gasteiger partial charge on any atom is -0.502 e. The van der Waals surface area contributed by atoms with E-state index in [0.717, 1.165) is 23.1 Å². The van der Waals surface area contributed by atoms with Crippen LogP contribution in [0.1, 0.15) is 39.7 Å². The van der Waals surface area contributed by atoms with Crippen molar-refractivity contribution in [2.24, 2.45) is 5.92 Å². The van der Waals surface area contributed by atoms with E-state index in [2.05, 4.69) is 6.07 Å². The molecule has 0 saturated carbocycles. The summed E-state index contributed by atoms with van der Waals surface area (Å²) >= 11 is 6.15. The number of hydrogen-bond acceptors (Lipinski definition) is 4. The molecule has 0 spiro atoms. The SMILES string of the molecule is CCN1CN(C23c4ccccc4CC2Cc2c3ccc(Cl)c2F)n2ccc(=O)c(O)c2C1=O. The lowest BCUT2D eigenvalue weighted by Gasteiger charge is -2.50. The second kappa shape index (κ2) is 6.84. The Morgan fingerprint density at radius 2 is 1.91 bits per heavy atom. The number of benzene rings is 2. The monoisotopic (exact) mass is 465 g/mol. The van der Waals surface area contributed by atoms with Crippen LogP contribution < -0.4 is 10.4 Å². The molecule has 2 aromatic carbocycles. The number of carbonyl (C=O) groups excluding carboxylic acids is 1. The van der Waals surface area contributed by atoms with Crippen LogP contribution in [0.3, 0.4) is 0 Å². The van der Waals surface area contributed by atoms with E-state index in [1.165, 1.54) is 12.3 Å². The van der Waals surface area contributed by atoms with Gasteiger partial charge >= 0.3 is 0 Å². The molecule has 33 heavy (non-hydrogen) atoms. The van der Waals surface area contributed by atoms with Crippen LogP contribution in [-0.4, -0.2) is 33.8 Å². The quantitative estimate of drug-likeness (QED) is 0.630. The Bertz CT molecular complexity index is 1400. The molecule has 1 aliphatic heterocycles. The highest BCUT2D eigenvalue weighted by Gasteiger charge is 2.59. The van der Waals surface area contributed by atoms with Gasteiger partial charge < -0.3 is 10.0 Å². The van der Waals surface area contributed by atoms with Crippen molar-refractivity contribution in [3.05, 3.63) is 97.7 Å². The van der Waals surface area contributed by atoms with Crippen LogP contribution in [0.2, 0.25) is 5.02 Å². The van der Waals surface area contributed by atoms with E-state index in [1.54, 1.807) is 15.6 Å². The average Bonchev–Trinajstić information content (AvgIpc) is 3.31. The number of carbonyl (C=O) groups is 1. The van der Waals surface area contributed by atoms with Crippen molar-refractivity contribution < 1.29 is 14.3 Å². The third-order valence-electron chi connectivity index (χ3n) is 7.44. The molecule has 8 heteroatoms. The summed E-state index contributed by atoms with van der Waals surface area (Å²) in [5.74, 6) is -1.42. The molecule has 168 valence electrons. The van der Waals surface area contributed by atoms with Crippen LogP contribution in [0.15, 0.2) is 53.5 Å². The van der Waals surface area contributed by atoms with E-state index in [1.807, 2.05) is 36.2 Å². The maximum atomic E-state index is 15.2. The standard InChI is InChI=1S/C25H21ClFN3O3/c1-2-28-13-30(29-10-9-20(31)23(32)22(29)24(28)33)25-15(11-14-5-3-4-6-17(14)25)12-16-18(25)7-8-19(26)21(16)27/h3-10,15,32H,2,11-13H2,1H3.